The van der Waals surface area contributed by atoms with Crippen LogP contribution in [0.4, 0.5) is 0 Å². The van der Waals surface area contributed by atoms with Crippen molar-refractivity contribution >= 4 is 0 Å². The number of hydrogen-bond acceptors (Lipinski definition) is 0. The maximum atomic E-state index is 4.14. The highest BCUT2D eigenvalue weighted by Gasteiger charge is 2.21. The molecule has 0 bridgehead atoms. The van der Waals surface area contributed by atoms with Crippen LogP contribution in [0.2, 0.25) is 0 Å². The van der Waals surface area contributed by atoms with Gasteiger partial charge in [-0.15, -0.1) is 6.58 Å². The highest BCUT2D eigenvalue weighted by Crippen LogP contribution is 2.35. The normalized spacial score (nSPS) is 13.0. The molecule has 0 amide bonds. The van der Waals surface area contributed by atoms with E-state index in [9.17, 15) is 0 Å². The molecule has 0 nitrogen and oxygen atoms in total. The largest absolute Gasteiger partial charge is 0.103 e. The van der Waals surface area contributed by atoms with Gasteiger partial charge in [-0.2, -0.15) is 0 Å². The summed E-state index contributed by atoms with van der Waals surface area (Å²) in [5.41, 5.74) is 3.79. The molecule has 0 aromatic carbocycles. The van der Waals surface area contributed by atoms with Crippen LogP contribution in [-0.2, 0) is 0 Å². The lowest BCUT2D eigenvalue weighted by Crippen LogP contribution is -2.13. The lowest BCUT2D eigenvalue weighted by molar-refractivity contribution is 0.451. The summed E-state index contributed by atoms with van der Waals surface area (Å²) in [6.07, 6.45) is 11.3. The van der Waals surface area contributed by atoms with Gasteiger partial charge in [0.25, 0.3) is 0 Å². The second kappa shape index (κ2) is 10.6. The highest BCUT2D eigenvalue weighted by atomic mass is 14.3. The standard InChI is InChI=1S/C17H26.C2H6/c1-8-11-14(4)16(12-9-2)15(5)17(6,7)13-10-3;1-2/h8-12H,3-4,13H2,1-2,5-7H3;1-2H3/b11-8-,12-9-,16-15-;. The molecule has 0 atom stereocenters. The summed E-state index contributed by atoms with van der Waals surface area (Å²) in [6, 6.07) is 0. The van der Waals surface area contributed by atoms with E-state index in [1.165, 1.54) is 11.1 Å². The molecule has 0 aromatic rings. The van der Waals surface area contributed by atoms with Gasteiger partial charge in [0.2, 0.25) is 0 Å². The second-order valence-corrected chi connectivity index (χ2v) is 4.94. The Kier molecular flexibility index (Phi) is 11.2. The maximum absolute atomic E-state index is 4.14. The number of hydrogen-bond donors (Lipinski definition) is 0. The smallest absolute Gasteiger partial charge is 0.0104 e. The minimum atomic E-state index is 0.126. The van der Waals surface area contributed by atoms with E-state index in [1.54, 1.807) is 0 Å². The van der Waals surface area contributed by atoms with E-state index in [1.807, 2.05) is 39.8 Å². The summed E-state index contributed by atoms with van der Waals surface area (Å²) in [7, 11) is 0. The Morgan fingerprint density at radius 3 is 1.89 bits per heavy atom. The summed E-state index contributed by atoms with van der Waals surface area (Å²) in [4.78, 5) is 0. The fourth-order valence-electron chi connectivity index (χ4n) is 1.81. The highest BCUT2D eigenvalue weighted by molar-refractivity contribution is 5.48. The quantitative estimate of drug-likeness (QED) is 0.371. The van der Waals surface area contributed by atoms with Crippen LogP contribution in [0.1, 0.15) is 54.9 Å². The van der Waals surface area contributed by atoms with Gasteiger partial charge < -0.3 is 0 Å². The molecule has 0 rings (SSSR count). The van der Waals surface area contributed by atoms with Gasteiger partial charge in [-0.3, -0.25) is 0 Å². The predicted octanol–water partition coefficient (Wildman–Crippen LogP) is 6.64. The first-order valence-electron chi connectivity index (χ1n) is 7.17. The van der Waals surface area contributed by atoms with E-state index in [0.29, 0.717) is 0 Å². The van der Waals surface area contributed by atoms with Gasteiger partial charge in [0.05, 0.1) is 0 Å². The molecule has 0 spiro atoms. The van der Waals surface area contributed by atoms with Gasteiger partial charge >= 0.3 is 0 Å². The number of allylic oxidation sites excluding steroid dienone is 8. The minimum Gasteiger partial charge on any atom is -0.103 e. The third-order valence-electron chi connectivity index (χ3n) is 3.12. The van der Waals surface area contributed by atoms with Crippen molar-refractivity contribution in [2.24, 2.45) is 5.41 Å². The first-order chi connectivity index (χ1) is 8.90. The van der Waals surface area contributed by atoms with Crippen molar-refractivity contribution < 1.29 is 0 Å². The molecular formula is C19H32. The molecule has 19 heavy (non-hydrogen) atoms. The lowest BCUT2D eigenvalue weighted by atomic mass is 9.78. The average Bonchev–Trinajstić information content (AvgIpc) is 2.37. The van der Waals surface area contributed by atoms with Crippen LogP contribution in [0.3, 0.4) is 0 Å². The Bertz CT molecular complexity index is 359. The Labute approximate surface area is 121 Å². The topological polar surface area (TPSA) is 0 Å². The molecular weight excluding hydrogens is 228 g/mol. The van der Waals surface area contributed by atoms with Crippen molar-refractivity contribution in [2.75, 3.05) is 0 Å². The SMILES string of the molecule is C=CCC(C)(C)/C(C)=C(/C=C\C)C(=C)/C=C\C.CC. The van der Waals surface area contributed by atoms with Crippen molar-refractivity contribution in [1.29, 1.82) is 0 Å². The maximum Gasteiger partial charge on any atom is -0.0104 e. The third-order valence-corrected chi connectivity index (χ3v) is 3.12. The third kappa shape index (κ3) is 7.00. The molecule has 0 N–H and O–H groups in total. The minimum absolute atomic E-state index is 0.126. The summed E-state index contributed by atoms with van der Waals surface area (Å²) in [6.45, 7) is 22.7. The summed E-state index contributed by atoms with van der Waals surface area (Å²) in [5, 5.41) is 0. The van der Waals surface area contributed by atoms with E-state index in [4.69, 9.17) is 0 Å². The molecule has 0 heteroatoms. The number of rotatable bonds is 6. The van der Waals surface area contributed by atoms with Crippen molar-refractivity contribution in [3.05, 3.63) is 60.3 Å². The lowest BCUT2D eigenvalue weighted by Gasteiger charge is -2.27. The molecule has 0 heterocycles. The zero-order valence-electron chi connectivity index (χ0n) is 14.0. The average molecular weight is 260 g/mol. The Hall–Kier alpha value is -1.30. The van der Waals surface area contributed by atoms with Crippen molar-refractivity contribution in [1.82, 2.24) is 0 Å². The van der Waals surface area contributed by atoms with Crippen LogP contribution in [0.5, 0.6) is 0 Å². The van der Waals surface area contributed by atoms with Crippen LogP contribution in [0.25, 0.3) is 0 Å². The summed E-state index contributed by atoms with van der Waals surface area (Å²) in [5.74, 6) is 0. The Morgan fingerprint density at radius 1 is 1.05 bits per heavy atom. The molecule has 108 valence electrons. The van der Waals surface area contributed by atoms with Gasteiger partial charge in [0.15, 0.2) is 0 Å². The van der Waals surface area contributed by atoms with Crippen LogP contribution in [0, 0.1) is 5.41 Å². The van der Waals surface area contributed by atoms with E-state index in [2.05, 4.69) is 52.2 Å². The summed E-state index contributed by atoms with van der Waals surface area (Å²) < 4.78 is 0. The predicted molar refractivity (Wildman–Crippen MR) is 91.4 cm³/mol. The first-order valence-corrected chi connectivity index (χ1v) is 7.17. The molecule has 0 fully saturated rings. The van der Waals surface area contributed by atoms with E-state index < -0.39 is 0 Å². The van der Waals surface area contributed by atoms with Crippen LogP contribution in [0.15, 0.2) is 60.3 Å². The molecule has 0 radical (unpaired) electrons. The molecule has 0 unspecified atom stereocenters. The van der Waals surface area contributed by atoms with Crippen molar-refractivity contribution in [2.45, 2.75) is 54.9 Å². The monoisotopic (exact) mass is 260 g/mol. The fraction of sp³-hybridized carbons (Fsp3) is 0.474. The van der Waals surface area contributed by atoms with E-state index >= 15 is 0 Å². The molecule has 0 aliphatic carbocycles. The second-order valence-electron chi connectivity index (χ2n) is 4.94. The van der Waals surface area contributed by atoms with Gasteiger partial charge in [-0.1, -0.05) is 70.2 Å². The van der Waals surface area contributed by atoms with Crippen molar-refractivity contribution in [3.63, 3.8) is 0 Å². The van der Waals surface area contributed by atoms with Crippen molar-refractivity contribution in [3.8, 4) is 0 Å². The molecule has 0 saturated heterocycles. The van der Waals surface area contributed by atoms with E-state index in [-0.39, 0.29) is 5.41 Å². The first kappa shape index (κ1) is 20.0. The fourth-order valence-corrected chi connectivity index (χ4v) is 1.81. The van der Waals surface area contributed by atoms with Gasteiger partial charge in [-0.05, 0) is 43.8 Å². The molecule has 0 aliphatic rings. The molecule has 0 aliphatic heterocycles. The van der Waals surface area contributed by atoms with Crippen LogP contribution in [-0.4, -0.2) is 0 Å². The zero-order chi connectivity index (χ0) is 15.5. The summed E-state index contributed by atoms with van der Waals surface area (Å²) >= 11 is 0. The Balaban J connectivity index is 0. The van der Waals surface area contributed by atoms with Crippen LogP contribution < -0.4 is 0 Å². The van der Waals surface area contributed by atoms with Gasteiger partial charge in [0.1, 0.15) is 0 Å². The van der Waals surface area contributed by atoms with Crippen LogP contribution >= 0.6 is 0 Å². The van der Waals surface area contributed by atoms with Gasteiger partial charge in [0, 0.05) is 0 Å². The molecule has 0 saturated carbocycles. The zero-order valence-corrected chi connectivity index (χ0v) is 14.0. The van der Waals surface area contributed by atoms with E-state index in [0.717, 1.165) is 12.0 Å². The van der Waals surface area contributed by atoms with Gasteiger partial charge in [-0.25, -0.2) is 0 Å². The molecule has 0 aromatic heterocycles. The Morgan fingerprint density at radius 2 is 1.53 bits per heavy atom.